The quantitative estimate of drug-likeness (QED) is 0.776. The van der Waals surface area contributed by atoms with Crippen molar-refractivity contribution < 1.29 is 14.3 Å². The molecule has 0 bridgehead atoms. The van der Waals surface area contributed by atoms with Gasteiger partial charge in [0.15, 0.2) is 6.23 Å². The van der Waals surface area contributed by atoms with Gasteiger partial charge in [-0.15, -0.1) is 0 Å². The van der Waals surface area contributed by atoms with E-state index < -0.39 is 6.23 Å². The topological polar surface area (TPSA) is 75.7 Å². The van der Waals surface area contributed by atoms with Gasteiger partial charge in [0.05, 0.1) is 12.8 Å². The molecule has 0 saturated carbocycles. The average Bonchev–Trinajstić information content (AvgIpc) is 2.70. The fraction of sp³-hybridized carbons (Fsp3) is 0.368. The fourth-order valence-electron chi connectivity index (χ4n) is 2.71. The highest BCUT2D eigenvalue weighted by atomic mass is 16.5. The molecule has 1 unspecified atom stereocenters. The Kier molecular flexibility index (Phi) is 6.27. The van der Waals surface area contributed by atoms with E-state index in [4.69, 9.17) is 9.47 Å². The number of carbonyl (C=O) groups is 1. The third-order valence-corrected chi connectivity index (χ3v) is 4.04. The summed E-state index contributed by atoms with van der Waals surface area (Å²) in [6, 6.07) is 11.0. The van der Waals surface area contributed by atoms with Gasteiger partial charge >= 0.3 is 6.03 Å². The van der Waals surface area contributed by atoms with Crippen LogP contribution in [-0.2, 0) is 0 Å². The molecular weight excluding hydrogens is 332 g/mol. The van der Waals surface area contributed by atoms with Crippen molar-refractivity contribution in [3.05, 3.63) is 54.4 Å². The van der Waals surface area contributed by atoms with Gasteiger partial charge in [0.25, 0.3) is 0 Å². The summed E-state index contributed by atoms with van der Waals surface area (Å²) in [6.07, 6.45) is 2.69. The number of urea groups is 1. The minimum Gasteiger partial charge on any atom is -0.494 e. The molecule has 2 heterocycles. The van der Waals surface area contributed by atoms with Gasteiger partial charge in [0.1, 0.15) is 11.5 Å². The van der Waals surface area contributed by atoms with Gasteiger partial charge in [-0.2, -0.15) is 0 Å². The van der Waals surface area contributed by atoms with Crippen molar-refractivity contribution in [2.75, 3.05) is 32.8 Å². The lowest BCUT2D eigenvalue weighted by Gasteiger charge is -2.30. The highest BCUT2D eigenvalue weighted by molar-refractivity contribution is 5.74. The third-order valence-electron chi connectivity index (χ3n) is 4.04. The summed E-state index contributed by atoms with van der Waals surface area (Å²) in [5.41, 5.74) is 0.834. The molecule has 2 amide bonds. The van der Waals surface area contributed by atoms with Gasteiger partial charge in [-0.25, -0.2) is 4.79 Å². The normalized spacial score (nSPS) is 15.2. The van der Waals surface area contributed by atoms with E-state index in [0.717, 1.165) is 24.4 Å². The Morgan fingerprint density at radius 2 is 2.00 bits per heavy atom. The first-order valence-corrected chi connectivity index (χ1v) is 8.82. The van der Waals surface area contributed by atoms with Crippen molar-refractivity contribution in [1.29, 1.82) is 0 Å². The molecule has 0 spiro atoms. The summed E-state index contributed by atoms with van der Waals surface area (Å²) in [6.45, 7) is 5.49. The van der Waals surface area contributed by atoms with Gasteiger partial charge in [-0.3, -0.25) is 10.3 Å². The summed E-state index contributed by atoms with van der Waals surface area (Å²) in [5.74, 6) is 1.37. The van der Waals surface area contributed by atoms with Crippen LogP contribution in [-0.4, -0.2) is 48.7 Å². The highest BCUT2D eigenvalue weighted by Crippen LogP contribution is 2.22. The Morgan fingerprint density at radius 1 is 1.23 bits per heavy atom. The second kappa shape index (κ2) is 9.05. The Balaban J connectivity index is 1.75. The average molecular weight is 356 g/mol. The van der Waals surface area contributed by atoms with E-state index in [9.17, 15) is 4.79 Å². The first kappa shape index (κ1) is 18.0. The molecule has 1 aromatic carbocycles. The molecule has 1 fully saturated rings. The smallest absolute Gasteiger partial charge is 0.320 e. The molecule has 0 radical (unpaired) electrons. The van der Waals surface area contributed by atoms with Crippen LogP contribution in [0.2, 0.25) is 0 Å². The number of hydrogen-bond donors (Lipinski definition) is 2. The van der Waals surface area contributed by atoms with Crippen LogP contribution in [0.4, 0.5) is 4.79 Å². The minimum absolute atomic E-state index is 0.144. The maximum Gasteiger partial charge on any atom is 0.320 e. The third kappa shape index (κ3) is 4.86. The molecule has 2 N–H and O–H groups in total. The first-order valence-electron chi connectivity index (χ1n) is 8.82. The fourth-order valence-corrected chi connectivity index (χ4v) is 2.71. The molecule has 1 saturated heterocycles. The molecular formula is C19H24N4O3. The van der Waals surface area contributed by atoms with Crippen molar-refractivity contribution in [2.45, 2.75) is 13.2 Å². The maximum atomic E-state index is 12.6. The number of carbonyl (C=O) groups excluding carboxylic acids is 1. The van der Waals surface area contributed by atoms with Gasteiger partial charge in [0.2, 0.25) is 0 Å². The second-order valence-corrected chi connectivity index (χ2v) is 5.88. The molecule has 1 atom stereocenters. The van der Waals surface area contributed by atoms with Gasteiger partial charge in [-0.1, -0.05) is 0 Å². The maximum absolute atomic E-state index is 12.6. The van der Waals surface area contributed by atoms with E-state index in [1.165, 1.54) is 0 Å². The standard InChI is InChI=1S/C19H24N4O3/c1-2-25-16-7-5-15(6-8-16)18(26-17-4-3-9-21-14-17)22-19(24)23-12-10-20-11-13-23/h3-9,14,18,20H,2,10-13H2,1H3,(H,22,24). The summed E-state index contributed by atoms with van der Waals surface area (Å²) in [7, 11) is 0. The number of nitrogens with one attached hydrogen (secondary N) is 2. The SMILES string of the molecule is CCOc1ccc(C(NC(=O)N2CCNCC2)Oc2cccnc2)cc1. The van der Waals surface area contributed by atoms with Crippen LogP contribution >= 0.6 is 0 Å². The van der Waals surface area contributed by atoms with Crippen molar-refractivity contribution in [3.8, 4) is 11.5 Å². The Bertz CT molecular complexity index is 688. The monoisotopic (exact) mass is 356 g/mol. The Morgan fingerprint density at radius 3 is 2.65 bits per heavy atom. The molecule has 1 aliphatic heterocycles. The Hall–Kier alpha value is -2.80. The van der Waals surface area contributed by atoms with Crippen LogP contribution < -0.4 is 20.1 Å². The molecule has 3 rings (SSSR count). The number of pyridine rings is 1. The molecule has 138 valence electrons. The van der Waals surface area contributed by atoms with Crippen LogP contribution in [0.1, 0.15) is 18.7 Å². The number of hydrogen-bond acceptors (Lipinski definition) is 5. The summed E-state index contributed by atoms with van der Waals surface area (Å²) in [4.78, 5) is 18.5. The second-order valence-electron chi connectivity index (χ2n) is 5.88. The number of ether oxygens (including phenoxy) is 2. The summed E-state index contributed by atoms with van der Waals surface area (Å²) in [5, 5.41) is 6.21. The van der Waals surface area contributed by atoms with E-state index in [0.29, 0.717) is 25.4 Å². The summed E-state index contributed by atoms with van der Waals surface area (Å²) >= 11 is 0. The zero-order chi connectivity index (χ0) is 18.2. The minimum atomic E-state index is -0.614. The number of piperazine rings is 1. The molecule has 7 nitrogen and oxygen atoms in total. The zero-order valence-electron chi connectivity index (χ0n) is 14.9. The predicted molar refractivity (Wildman–Crippen MR) is 98.2 cm³/mol. The number of rotatable bonds is 6. The van der Waals surface area contributed by atoms with Crippen molar-refractivity contribution >= 4 is 6.03 Å². The molecule has 0 aliphatic carbocycles. The van der Waals surface area contributed by atoms with Crippen LogP contribution in [0.3, 0.4) is 0 Å². The van der Waals surface area contributed by atoms with Crippen molar-refractivity contribution in [3.63, 3.8) is 0 Å². The Labute approximate surface area is 153 Å². The lowest BCUT2D eigenvalue weighted by atomic mass is 10.2. The van der Waals surface area contributed by atoms with E-state index >= 15 is 0 Å². The number of aromatic nitrogens is 1. The zero-order valence-corrected chi connectivity index (χ0v) is 14.9. The van der Waals surface area contributed by atoms with Gasteiger partial charge in [0, 0.05) is 37.9 Å². The highest BCUT2D eigenvalue weighted by Gasteiger charge is 2.22. The van der Waals surface area contributed by atoms with E-state index in [1.54, 1.807) is 23.4 Å². The lowest BCUT2D eigenvalue weighted by Crippen LogP contribution is -2.51. The van der Waals surface area contributed by atoms with Gasteiger partial charge in [-0.05, 0) is 43.3 Å². The largest absolute Gasteiger partial charge is 0.494 e. The van der Waals surface area contributed by atoms with Crippen molar-refractivity contribution in [1.82, 2.24) is 20.5 Å². The van der Waals surface area contributed by atoms with Gasteiger partial charge < -0.3 is 19.7 Å². The first-order chi connectivity index (χ1) is 12.8. The molecule has 1 aromatic heterocycles. The van der Waals surface area contributed by atoms with Crippen LogP contribution in [0.5, 0.6) is 11.5 Å². The van der Waals surface area contributed by atoms with Crippen LogP contribution in [0, 0.1) is 0 Å². The summed E-state index contributed by atoms with van der Waals surface area (Å²) < 4.78 is 11.5. The van der Waals surface area contributed by atoms with Crippen molar-refractivity contribution in [2.24, 2.45) is 0 Å². The van der Waals surface area contributed by atoms with E-state index in [1.807, 2.05) is 37.3 Å². The van der Waals surface area contributed by atoms with E-state index in [-0.39, 0.29) is 6.03 Å². The molecule has 2 aromatic rings. The van der Waals surface area contributed by atoms with E-state index in [2.05, 4.69) is 15.6 Å². The lowest BCUT2D eigenvalue weighted by molar-refractivity contribution is 0.139. The number of amides is 2. The van der Waals surface area contributed by atoms with Crippen LogP contribution in [0.25, 0.3) is 0 Å². The molecule has 1 aliphatic rings. The number of nitrogens with zero attached hydrogens (tertiary/aromatic N) is 2. The predicted octanol–water partition coefficient (Wildman–Crippen LogP) is 2.17. The molecule has 7 heteroatoms. The molecule has 26 heavy (non-hydrogen) atoms. The van der Waals surface area contributed by atoms with Crippen LogP contribution in [0.15, 0.2) is 48.8 Å². The number of benzene rings is 1.